The second-order valence-electron chi connectivity index (χ2n) is 5.12. The highest BCUT2D eigenvalue weighted by atomic mass is 15.1. The summed E-state index contributed by atoms with van der Waals surface area (Å²) in [6.07, 6.45) is 6.76. The Kier molecular flexibility index (Phi) is 4.74. The molecular weight excluding hydrogens is 234 g/mol. The van der Waals surface area contributed by atoms with E-state index >= 15 is 0 Å². The van der Waals surface area contributed by atoms with E-state index in [1.807, 2.05) is 12.4 Å². The Hall–Kier alpha value is -1.61. The molecule has 102 valence electrons. The Morgan fingerprint density at radius 2 is 2.00 bits per heavy atom. The molecule has 1 aromatic carbocycles. The molecule has 0 aliphatic carbocycles. The molecule has 0 saturated carbocycles. The Balaban J connectivity index is 1.84. The van der Waals surface area contributed by atoms with Gasteiger partial charge in [0.05, 0.1) is 0 Å². The molecule has 2 rings (SSSR count). The highest BCUT2D eigenvalue weighted by Gasteiger charge is 2.08. The number of aryl methyl sites for hydroxylation is 3. The van der Waals surface area contributed by atoms with E-state index in [2.05, 4.69) is 47.7 Å². The van der Waals surface area contributed by atoms with Crippen LogP contribution in [0.2, 0.25) is 0 Å². The maximum absolute atomic E-state index is 6.21. The predicted octanol–water partition coefficient (Wildman–Crippen LogP) is 2.71. The number of aromatic nitrogens is 2. The van der Waals surface area contributed by atoms with Crippen LogP contribution in [-0.2, 0) is 19.4 Å². The van der Waals surface area contributed by atoms with Crippen molar-refractivity contribution in [2.45, 2.75) is 45.7 Å². The lowest BCUT2D eigenvalue weighted by molar-refractivity contribution is 0.569. The number of benzene rings is 1. The molecule has 0 aliphatic heterocycles. The van der Waals surface area contributed by atoms with E-state index in [-0.39, 0.29) is 6.04 Å². The van der Waals surface area contributed by atoms with Gasteiger partial charge in [-0.15, -0.1) is 0 Å². The molecule has 0 radical (unpaired) electrons. The number of nitrogens with two attached hydrogens (primary N) is 1. The molecule has 0 bridgehead atoms. The van der Waals surface area contributed by atoms with E-state index in [0.717, 1.165) is 31.6 Å². The maximum atomic E-state index is 6.21. The first-order valence-electron chi connectivity index (χ1n) is 7.00. The minimum Gasteiger partial charge on any atom is -0.335 e. The number of hydrogen-bond donors (Lipinski definition) is 1. The molecule has 1 unspecified atom stereocenters. The van der Waals surface area contributed by atoms with E-state index in [9.17, 15) is 0 Å². The van der Waals surface area contributed by atoms with E-state index in [1.54, 1.807) is 0 Å². The topological polar surface area (TPSA) is 43.8 Å². The first-order chi connectivity index (χ1) is 9.19. The molecule has 2 N–H and O–H groups in total. The van der Waals surface area contributed by atoms with E-state index in [4.69, 9.17) is 5.73 Å². The quantitative estimate of drug-likeness (QED) is 0.864. The number of hydrogen-bond acceptors (Lipinski definition) is 2. The van der Waals surface area contributed by atoms with Crippen molar-refractivity contribution >= 4 is 0 Å². The second-order valence-corrected chi connectivity index (χ2v) is 5.12. The fourth-order valence-electron chi connectivity index (χ4n) is 2.26. The van der Waals surface area contributed by atoms with Crippen molar-refractivity contribution in [3.05, 3.63) is 53.6 Å². The van der Waals surface area contributed by atoms with E-state index < -0.39 is 0 Å². The molecule has 1 aromatic heterocycles. The minimum absolute atomic E-state index is 0.175. The molecule has 2 aromatic rings. The van der Waals surface area contributed by atoms with Crippen molar-refractivity contribution < 1.29 is 0 Å². The van der Waals surface area contributed by atoms with E-state index in [1.165, 1.54) is 11.1 Å². The molecule has 3 nitrogen and oxygen atoms in total. The highest BCUT2D eigenvalue weighted by Crippen LogP contribution is 2.09. The van der Waals surface area contributed by atoms with Crippen LogP contribution in [0, 0.1) is 6.92 Å². The number of imidazole rings is 1. The van der Waals surface area contributed by atoms with Crippen LogP contribution in [0.3, 0.4) is 0 Å². The molecule has 3 heteroatoms. The third-order valence-electron chi connectivity index (χ3n) is 3.51. The molecule has 1 atom stereocenters. The monoisotopic (exact) mass is 257 g/mol. The normalized spacial score (nSPS) is 12.6. The summed E-state index contributed by atoms with van der Waals surface area (Å²) in [5.74, 6) is 1.10. The zero-order valence-electron chi connectivity index (χ0n) is 11.8. The van der Waals surface area contributed by atoms with Crippen LogP contribution in [0.4, 0.5) is 0 Å². The lowest BCUT2D eigenvalue weighted by Crippen LogP contribution is -2.25. The smallest absolute Gasteiger partial charge is 0.110 e. The fourth-order valence-corrected chi connectivity index (χ4v) is 2.26. The van der Waals surface area contributed by atoms with Crippen molar-refractivity contribution in [1.82, 2.24) is 9.55 Å². The van der Waals surface area contributed by atoms with Crippen molar-refractivity contribution in [3.8, 4) is 0 Å². The maximum Gasteiger partial charge on any atom is 0.110 e. The number of nitrogens with zero attached hydrogens (tertiary/aromatic N) is 2. The van der Waals surface area contributed by atoms with Gasteiger partial charge in [-0.1, -0.05) is 29.8 Å². The van der Waals surface area contributed by atoms with Crippen molar-refractivity contribution in [2.24, 2.45) is 5.73 Å². The van der Waals surface area contributed by atoms with Crippen LogP contribution in [0.5, 0.6) is 0 Å². The van der Waals surface area contributed by atoms with Gasteiger partial charge in [0, 0.05) is 31.4 Å². The van der Waals surface area contributed by atoms with Crippen LogP contribution >= 0.6 is 0 Å². The van der Waals surface area contributed by atoms with Gasteiger partial charge in [0.15, 0.2) is 0 Å². The Morgan fingerprint density at radius 1 is 1.26 bits per heavy atom. The Bertz CT molecular complexity index is 499. The first kappa shape index (κ1) is 13.8. The van der Waals surface area contributed by atoms with Crippen molar-refractivity contribution in [1.29, 1.82) is 0 Å². The first-order valence-corrected chi connectivity index (χ1v) is 7.00. The largest absolute Gasteiger partial charge is 0.335 e. The predicted molar refractivity (Wildman–Crippen MR) is 79.1 cm³/mol. The molecule has 0 saturated heterocycles. The van der Waals surface area contributed by atoms with Crippen molar-refractivity contribution in [3.63, 3.8) is 0 Å². The van der Waals surface area contributed by atoms with Gasteiger partial charge in [-0.25, -0.2) is 4.98 Å². The summed E-state index contributed by atoms with van der Waals surface area (Å²) in [4.78, 5) is 4.38. The molecule has 19 heavy (non-hydrogen) atoms. The molecule has 1 heterocycles. The lowest BCUT2D eigenvalue weighted by Gasteiger charge is -2.12. The van der Waals surface area contributed by atoms with Crippen LogP contribution in [0.15, 0.2) is 36.7 Å². The zero-order valence-corrected chi connectivity index (χ0v) is 11.8. The summed E-state index contributed by atoms with van der Waals surface area (Å²) in [7, 11) is 0. The minimum atomic E-state index is 0.175. The van der Waals surface area contributed by atoms with Crippen LogP contribution in [-0.4, -0.2) is 15.6 Å². The highest BCUT2D eigenvalue weighted by molar-refractivity contribution is 5.21. The lowest BCUT2D eigenvalue weighted by atomic mass is 10.0. The third kappa shape index (κ3) is 3.93. The van der Waals surface area contributed by atoms with Crippen LogP contribution < -0.4 is 5.73 Å². The zero-order chi connectivity index (χ0) is 13.7. The standard InChI is InChI=1S/C16H23N3/c1-3-19-11-10-18-16(19)12-15(17)9-8-14-6-4-13(2)5-7-14/h4-7,10-11,15H,3,8-9,12,17H2,1-2H3. The summed E-state index contributed by atoms with van der Waals surface area (Å²) >= 11 is 0. The van der Waals surface area contributed by atoms with E-state index in [0.29, 0.717) is 0 Å². The van der Waals surface area contributed by atoms with Gasteiger partial charge in [0.2, 0.25) is 0 Å². The van der Waals surface area contributed by atoms with Crippen LogP contribution in [0.25, 0.3) is 0 Å². The fraction of sp³-hybridized carbons (Fsp3) is 0.438. The van der Waals surface area contributed by atoms with Gasteiger partial charge in [-0.05, 0) is 32.3 Å². The van der Waals surface area contributed by atoms with Gasteiger partial charge in [-0.2, -0.15) is 0 Å². The van der Waals surface area contributed by atoms with Gasteiger partial charge < -0.3 is 10.3 Å². The molecule has 0 aliphatic rings. The Morgan fingerprint density at radius 3 is 2.68 bits per heavy atom. The summed E-state index contributed by atoms with van der Waals surface area (Å²) in [6, 6.07) is 8.87. The average molecular weight is 257 g/mol. The second kappa shape index (κ2) is 6.53. The summed E-state index contributed by atoms with van der Waals surface area (Å²) < 4.78 is 2.16. The van der Waals surface area contributed by atoms with Crippen molar-refractivity contribution in [2.75, 3.05) is 0 Å². The SMILES string of the molecule is CCn1ccnc1CC(N)CCc1ccc(C)cc1. The van der Waals surface area contributed by atoms with Gasteiger partial charge >= 0.3 is 0 Å². The van der Waals surface area contributed by atoms with Gasteiger partial charge in [0.25, 0.3) is 0 Å². The van der Waals surface area contributed by atoms with Crippen LogP contribution in [0.1, 0.15) is 30.3 Å². The summed E-state index contributed by atoms with van der Waals surface area (Å²) in [5, 5.41) is 0. The average Bonchev–Trinajstić information content (AvgIpc) is 2.85. The third-order valence-corrected chi connectivity index (χ3v) is 3.51. The van der Waals surface area contributed by atoms with Gasteiger partial charge in [0.1, 0.15) is 5.82 Å². The number of rotatable bonds is 6. The van der Waals surface area contributed by atoms with Gasteiger partial charge in [-0.3, -0.25) is 0 Å². The Labute approximate surface area is 115 Å². The molecule has 0 fully saturated rings. The molecular formula is C16H23N3. The molecule has 0 spiro atoms. The summed E-state index contributed by atoms with van der Waals surface area (Å²) in [5.41, 5.74) is 8.88. The molecule has 0 amide bonds. The summed E-state index contributed by atoms with van der Waals surface area (Å²) in [6.45, 7) is 5.20.